The number of rotatable bonds is 18. The minimum Gasteiger partial charge on any atom is -0.460 e. The minimum atomic E-state index is -2.04. The van der Waals surface area contributed by atoms with E-state index in [1.807, 2.05) is 0 Å². The van der Waals surface area contributed by atoms with Crippen LogP contribution in [-0.4, -0.2) is 281 Å². The summed E-state index contributed by atoms with van der Waals surface area (Å²) in [6.45, 7) is -2.06. The summed E-state index contributed by atoms with van der Waals surface area (Å²) in [4.78, 5) is 26.1. The molecule has 27 nitrogen and oxygen atoms in total. The van der Waals surface area contributed by atoms with E-state index in [1.54, 1.807) is 6.08 Å². The Hall–Kier alpha value is -2.50. The first-order valence-electron chi connectivity index (χ1n) is 28.0. The van der Waals surface area contributed by atoms with Crippen molar-refractivity contribution in [2.75, 3.05) is 34.0 Å². The number of fused-ring (bicyclic) bond motifs is 1. The van der Waals surface area contributed by atoms with Gasteiger partial charge in [-0.05, 0) is 76.0 Å². The minimum absolute atomic E-state index is 0.0234. The normalized spacial score (nSPS) is 48.6. The Kier molecular flexibility index (Phi) is 22.7. The average molecular weight is 1150 g/mol. The highest BCUT2D eigenvalue weighted by molar-refractivity contribution is 5.82. The zero-order valence-electron chi connectivity index (χ0n) is 44.8. The molecule has 4 saturated heterocycles. The molecule has 30 atom stereocenters. The van der Waals surface area contributed by atoms with Crippen LogP contribution in [0.4, 0.5) is 0 Å². The van der Waals surface area contributed by atoms with Crippen molar-refractivity contribution < 1.29 is 133 Å². The standard InChI is InChI=1S/C53H84O27/c1-70-33-14-23(4-9-28(33)57)6-12-40(61)72-20-37-42(63)45(66)48(69)52(78-37)80-50-46(67)43(64)38(21-73-39(60)11-5-22-3-8-27(56)30(59)13-22)79-53(50)76-35-18-26-31(74-49(35)24-7-10-29(58)34(15-24)71-2)16-25(55)17-32(26)75-51-47(68)44(65)41(62)36(19-54)77-51/h5-6,11-12,22-38,41-59,62-69H,3-4,7-10,13-21H2,1-2H3/p+1/t22?,23?,24?,25?,26?,27?,28?,29?,30?,31?,32?,33?,34?,35?,36-,37-,38-,41-,42-,43-,44+,45+,46+,47-,48-,49?,50-,51-,52+,53-/m1/s1. The SMILES string of the molecule is COC1CC(C=CC(=O)OC[C@H]2O[C@@H](O[C@H]3[C@H](OC4CC5C(O[C@@H]6O[C@H](CO)[C@@H](O)[C@H](O)[C@H]6O)CC(O)CC5[OH+]C4C4CCC(O)C(OC)C4)O[C@H](COC(=O)C=CC4CCC(O)C(O)C4)[C@@H](O)[C@@H]3O)[C@H](O)[C@@H](O)[C@@H]2O)CCC1O. The maximum absolute atomic E-state index is 13.1. The van der Waals surface area contributed by atoms with Crippen molar-refractivity contribution in [1.82, 2.24) is 0 Å². The highest BCUT2D eigenvalue weighted by Gasteiger charge is 2.58. The van der Waals surface area contributed by atoms with E-state index in [2.05, 4.69) is 0 Å². The van der Waals surface area contributed by atoms with E-state index in [4.69, 9.17) is 52.1 Å². The van der Waals surface area contributed by atoms with Crippen LogP contribution in [0.5, 0.6) is 0 Å². The highest BCUT2D eigenvalue weighted by atomic mass is 16.8. The number of carbonyl (C=O) groups is 2. The first-order valence-corrected chi connectivity index (χ1v) is 28.0. The largest absolute Gasteiger partial charge is 0.460 e. The molecule has 0 aromatic heterocycles. The maximum Gasteiger partial charge on any atom is 0.330 e. The molecular weight excluding hydrogens is 1070 g/mol. The molecule has 80 heavy (non-hydrogen) atoms. The van der Waals surface area contributed by atoms with E-state index in [0.29, 0.717) is 51.4 Å². The summed E-state index contributed by atoms with van der Waals surface area (Å²) < 4.78 is 64.5. The number of ether oxygens (including phenoxy) is 11. The molecule has 458 valence electrons. The molecule has 0 radical (unpaired) electrons. The summed E-state index contributed by atoms with van der Waals surface area (Å²) in [5.41, 5.74) is 0. The van der Waals surface area contributed by atoms with Crippen LogP contribution in [0.25, 0.3) is 0 Å². The lowest BCUT2D eigenvalue weighted by atomic mass is 9.72. The number of carbonyl (C=O) groups excluding carboxylic acids is 2. The van der Waals surface area contributed by atoms with Gasteiger partial charge in [-0.25, -0.2) is 9.59 Å². The Labute approximate surface area is 462 Å². The molecule has 0 bridgehead atoms. The molecule has 0 amide bonds. The predicted molar refractivity (Wildman–Crippen MR) is 267 cm³/mol. The number of hydrogen-bond acceptors (Lipinski definition) is 26. The second kappa shape index (κ2) is 28.6. The Morgan fingerprint density at radius 3 is 1.60 bits per heavy atom. The van der Waals surface area contributed by atoms with Crippen LogP contribution in [0, 0.1) is 23.7 Å². The van der Waals surface area contributed by atoms with Crippen molar-refractivity contribution in [2.45, 2.75) is 236 Å². The van der Waals surface area contributed by atoms with Gasteiger partial charge in [-0.3, -0.25) is 0 Å². The summed E-state index contributed by atoms with van der Waals surface area (Å²) in [6.07, 6.45) is -26.2. The quantitative estimate of drug-likeness (QED) is 0.0346. The van der Waals surface area contributed by atoms with Crippen molar-refractivity contribution >= 4 is 11.9 Å². The lowest BCUT2D eigenvalue weighted by Crippen LogP contribution is -2.66. The smallest absolute Gasteiger partial charge is 0.330 e. The molecule has 0 spiro atoms. The van der Waals surface area contributed by atoms with Gasteiger partial charge in [-0.1, -0.05) is 12.2 Å². The van der Waals surface area contributed by atoms with Gasteiger partial charge in [0.1, 0.15) is 92.6 Å². The zero-order valence-corrected chi connectivity index (χ0v) is 44.8. The van der Waals surface area contributed by atoms with Gasteiger partial charge < -0.3 is 124 Å². The lowest BCUT2D eigenvalue weighted by molar-refractivity contribution is -0.390. The number of hydrogen-bond donors (Lipinski definition) is 14. The van der Waals surface area contributed by atoms with Gasteiger partial charge in [-0.15, -0.1) is 0 Å². The van der Waals surface area contributed by atoms with Crippen LogP contribution in [0.1, 0.15) is 77.0 Å². The predicted octanol–water partition coefficient (Wildman–Crippen LogP) is -5.29. The van der Waals surface area contributed by atoms with Gasteiger partial charge in [0.05, 0.1) is 61.4 Å². The molecule has 8 fully saturated rings. The van der Waals surface area contributed by atoms with Crippen LogP contribution in [0.2, 0.25) is 0 Å². The molecule has 0 aromatic carbocycles. The molecule has 27 heteroatoms. The lowest BCUT2D eigenvalue weighted by Gasteiger charge is -2.51. The first kappa shape index (κ1) is 63.5. The molecular formula is C53H85O27+. The topological polar surface area (TPSA) is 422 Å². The van der Waals surface area contributed by atoms with Gasteiger partial charge in [0.2, 0.25) is 0 Å². The van der Waals surface area contributed by atoms with Crippen LogP contribution in [-0.2, 0) is 57.0 Å². The second-order valence-corrected chi connectivity index (χ2v) is 22.9. The van der Waals surface area contributed by atoms with E-state index in [0.717, 1.165) is 6.08 Å². The Balaban J connectivity index is 1.04. The number of esters is 2. The number of methoxy groups -OCH3 is 2. The fourth-order valence-corrected chi connectivity index (χ4v) is 12.8. The molecule has 8 rings (SSSR count). The van der Waals surface area contributed by atoms with E-state index in [9.17, 15) is 81.1 Å². The summed E-state index contributed by atoms with van der Waals surface area (Å²) in [5, 5.41) is 152. The number of allylic oxidation sites excluding steroid dienone is 2. The second-order valence-electron chi connectivity index (χ2n) is 22.9. The van der Waals surface area contributed by atoms with Crippen LogP contribution >= 0.6 is 0 Å². The first-order chi connectivity index (χ1) is 38.2. The summed E-state index contributed by atoms with van der Waals surface area (Å²) in [5.74, 6) is -3.08. The van der Waals surface area contributed by atoms with E-state index < -0.39 is 197 Å². The van der Waals surface area contributed by atoms with E-state index in [1.165, 1.54) is 26.4 Å². The monoisotopic (exact) mass is 1150 g/mol. The third kappa shape index (κ3) is 15.1. The van der Waals surface area contributed by atoms with Crippen molar-refractivity contribution in [3.63, 3.8) is 0 Å². The Bertz CT molecular complexity index is 2020. The number of aliphatic hydroxyl groups is 16. The van der Waals surface area contributed by atoms with Gasteiger partial charge in [0.15, 0.2) is 31.1 Å². The summed E-state index contributed by atoms with van der Waals surface area (Å²) in [7, 11) is 2.94. The van der Waals surface area contributed by atoms with Crippen LogP contribution in [0.15, 0.2) is 24.3 Å². The Morgan fingerprint density at radius 1 is 0.487 bits per heavy atom. The van der Waals surface area contributed by atoms with E-state index in [-0.39, 0.29) is 43.4 Å². The highest BCUT2D eigenvalue weighted by Crippen LogP contribution is 2.45. The zero-order chi connectivity index (χ0) is 57.7. The van der Waals surface area contributed by atoms with Gasteiger partial charge in [0.25, 0.3) is 0 Å². The molecule has 15 N–H and O–H groups in total. The molecule has 15 unspecified atom stereocenters. The molecule has 8 aliphatic rings. The molecule has 4 aliphatic heterocycles. The van der Waals surface area contributed by atoms with Crippen molar-refractivity contribution in [1.29, 1.82) is 0 Å². The van der Waals surface area contributed by atoms with Crippen molar-refractivity contribution in [3.05, 3.63) is 24.3 Å². The third-order valence-corrected chi connectivity index (χ3v) is 17.6. The maximum atomic E-state index is 13.1. The fourth-order valence-electron chi connectivity index (χ4n) is 12.8. The van der Waals surface area contributed by atoms with E-state index >= 15 is 0 Å². The van der Waals surface area contributed by atoms with Gasteiger partial charge >= 0.3 is 11.9 Å². The summed E-state index contributed by atoms with van der Waals surface area (Å²) in [6, 6.07) is 0. The van der Waals surface area contributed by atoms with Crippen molar-refractivity contribution in [2.24, 2.45) is 23.7 Å². The average Bonchev–Trinajstić information content (AvgIpc) is 3.58. The Morgan fingerprint density at radius 2 is 1.00 bits per heavy atom. The van der Waals surface area contributed by atoms with Gasteiger partial charge in [0, 0.05) is 45.1 Å². The number of aliphatic hydroxyl groups excluding tert-OH is 14. The molecule has 4 heterocycles. The molecule has 4 saturated carbocycles. The molecule has 4 aliphatic carbocycles. The summed E-state index contributed by atoms with van der Waals surface area (Å²) >= 11 is 0. The molecule has 0 aromatic rings. The van der Waals surface area contributed by atoms with Gasteiger partial charge in [-0.2, -0.15) is 0 Å². The van der Waals surface area contributed by atoms with Crippen LogP contribution < -0.4 is 0 Å². The third-order valence-electron chi connectivity index (χ3n) is 17.6. The van der Waals surface area contributed by atoms with Crippen molar-refractivity contribution in [3.8, 4) is 0 Å². The van der Waals surface area contributed by atoms with Crippen LogP contribution in [0.3, 0.4) is 0 Å². The fraction of sp³-hybridized carbons (Fsp3) is 0.887.